The predicted octanol–water partition coefficient (Wildman–Crippen LogP) is 3.30. The van der Waals surface area contributed by atoms with Crippen LogP contribution in [0.2, 0.25) is 0 Å². The summed E-state index contributed by atoms with van der Waals surface area (Å²) in [5.41, 5.74) is 1.28. The predicted molar refractivity (Wildman–Crippen MR) is 67.3 cm³/mol. The summed E-state index contributed by atoms with van der Waals surface area (Å²) in [7, 11) is 4.12. The van der Waals surface area contributed by atoms with Gasteiger partial charge < -0.3 is 9.64 Å². The van der Waals surface area contributed by atoms with E-state index in [4.69, 9.17) is 4.74 Å². The van der Waals surface area contributed by atoms with Gasteiger partial charge in [0.15, 0.2) is 0 Å². The highest BCUT2D eigenvalue weighted by Crippen LogP contribution is 2.27. The molecule has 0 saturated heterocycles. The molecule has 0 aliphatic rings. The Kier molecular flexibility index (Phi) is 4.61. The van der Waals surface area contributed by atoms with Gasteiger partial charge >= 0.3 is 0 Å². The van der Waals surface area contributed by atoms with Crippen molar-refractivity contribution < 1.29 is 4.74 Å². The molecule has 1 aromatic carbocycles. The molecule has 0 aromatic heterocycles. The van der Waals surface area contributed by atoms with Gasteiger partial charge in [-0.25, -0.2) is 0 Å². The minimum absolute atomic E-state index is 0.209. The Balaban J connectivity index is 2.78. The molecule has 0 fully saturated rings. The van der Waals surface area contributed by atoms with E-state index in [2.05, 4.69) is 47.1 Å². The molecule has 0 unspecified atom stereocenters. The minimum atomic E-state index is 0.209. The van der Waals surface area contributed by atoms with Gasteiger partial charge in [-0.05, 0) is 61.6 Å². The highest BCUT2D eigenvalue weighted by Gasteiger charge is 2.04. The van der Waals surface area contributed by atoms with Crippen molar-refractivity contribution in [1.29, 1.82) is 0 Å². The molecule has 0 bridgehead atoms. The summed E-state index contributed by atoms with van der Waals surface area (Å²) in [6.07, 6.45) is 0.209. The molecule has 0 aliphatic heterocycles. The van der Waals surface area contributed by atoms with Crippen molar-refractivity contribution in [3.63, 3.8) is 0 Å². The summed E-state index contributed by atoms with van der Waals surface area (Å²) in [5, 5.41) is 0. The van der Waals surface area contributed by atoms with Gasteiger partial charge in [0.05, 0.1) is 10.6 Å². The molecule has 3 heteroatoms. The van der Waals surface area contributed by atoms with E-state index in [1.165, 1.54) is 5.56 Å². The molecule has 1 rings (SSSR count). The van der Waals surface area contributed by atoms with E-state index in [0.717, 1.165) is 16.8 Å². The van der Waals surface area contributed by atoms with Crippen LogP contribution in [0.5, 0.6) is 5.75 Å². The van der Waals surface area contributed by atoms with E-state index in [0.29, 0.717) is 0 Å². The molecule has 84 valence electrons. The van der Waals surface area contributed by atoms with Crippen molar-refractivity contribution in [1.82, 2.24) is 4.90 Å². The normalized spacial score (nSPS) is 11.1. The number of halogens is 1. The van der Waals surface area contributed by atoms with Crippen LogP contribution in [0.1, 0.15) is 19.4 Å². The van der Waals surface area contributed by atoms with Crippen LogP contribution in [-0.4, -0.2) is 25.1 Å². The molecular weight excluding hydrogens is 254 g/mol. The largest absolute Gasteiger partial charge is 0.490 e. The molecule has 0 spiro atoms. The zero-order valence-corrected chi connectivity index (χ0v) is 11.3. The lowest BCUT2D eigenvalue weighted by molar-refractivity contribution is 0.240. The quantitative estimate of drug-likeness (QED) is 0.833. The molecule has 0 atom stereocenters. The average Bonchev–Trinajstić information content (AvgIpc) is 2.08. The first-order valence-electron chi connectivity index (χ1n) is 5.09. The maximum Gasteiger partial charge on any atom is 0.133 e. The Bertz CT molecular complexity index is 323. The van der Waals surface area contributed by atoms with Crippen LogP contribution >= 0.6 is 15.9 Å². The van der Waals surface area contributed by atoms with Gasteiger partial charge in [0.2, 0.25) is 0 Å². The van der Waals surface area contributed by atoms with E-state index >= 15 is 0 Å². The fraction of sp³-hybridized carbons (Fsp3) is 0.500. The zero-order valence-electron chi connectivity index (χ0n) is 9.75. The minimum Gasteiger partial charge on any atom is -0.490 e. The second-order valence-corrected chi connectivity index (χ2v) is 5.02. The van der Waals surface area contributed by atoms with Crippen LogP contribution in [-0.2, 0) is 6.54 Å². The van der Waals surface area contributed by atoms with E-state index in [1.54, 1.807) is 0 Å². The second kappa shape index (κ2) is 5.52. The number of hydrogen-bond donors (Lipinski definition) is 0. The van der Waals surface area contributed by atoms with Gasteiger partial charge in [-0.2, -0.15) is 0 Å². The van der Waals surface area contributed by atoms with Gasteiger partial charge in [-0.3, -0.25) is 0 Å². The smallest absolute Gasteiger partial charge is 0.133 e. The number of ether oxygens (including phenoxy) is 1. The zero-order chi connectivity index (χ0) is 11.4. The van der Waals surface area contributed by atoms with Crippen molar-refractivity contribution in [2.45, 2.75) is 26.5 Å². The molecule has 0 N–H and O–H groups in total. The standard InChI is InChI=1S/C12H18BrNO/c1-9(2)15-12-6-5-10(7-11(12)13)8-14(3)4/h5-7,9H,8H2,1-4H3. The van der Waals surface area contributed by atoms with E-state index in [1.807, 2.05) is 19.9 Å². The Morgan fingerprint density at radius 2 is 2.00 bits per heavy atom. The SMILES string of the molecule is CC(C)Oc1ccc(CN(C)C)cc1Br. The monoisotopic (exact) mass is 271 g/mol. The average molecular weight is 272 g/mol. The Morgan fingerprint density at radius 3 is 2.47 bits per heavy atom. The van der Waals surface area contributed by atoms with Gasteiger partial charge in [-0.1, -0.05) is 6.07 Å². The maximum atomic E-state index is 5.64. The summed E-state index contributed by atoms with van der Waals surface area (Å²) >= 11 is 3.52. The number of hydrogen-bond acceptors (Lipinski definition) is 2. The second-order valence-electron chi connectivity index (χ2n) is 4.17. The fourth-order valence-electron chi connectivity index (χ4n) is 1.36. The number of rotatable bonds is 4. The van der Waals surface area contributed by atoms with E-state index in [9.17, 15) is 0 Å². The lowest BCUT2D eigenvalue weighted by Gasteiger charge is -2.14. The fourth-order valence-corrected chi connectivity index (χ4v) is 1.88. The lowest BCUT2D eigenvalue weighted by Crippen LogP contribution is -2.11. The van der Waals surface area contributed by atoms with Gasteiger partial charge in [-0.15, -0.1) is 0 Å². The first-order chi connectivity index (χ1) is 6.99. The van der Waals surface area contributed by atoms with Crippen molar-refractivity contribution >= 4 is 15.9 Å². The first-order valence-corrected chi connectivity index (χ1v) is 5.88. The molecule has 0 heterocycles. The Labute approximate surface area is 100 Å². The summed E-state index contributed by atoms with van der Waals surface area (Å²) in [6, 6.07) is 6.23. The van der Waals surface area contributed by atoms with Crippen LogP contribution in [0.25, 0.3) is 0 Å². The van der Waals surface area contributed by atoms with Crippen LogP contribution in [0.4, 0.5) is 0 Å². The van der Waals surface area contributed by atoms with Gasteiger partial charge in [0.25, 0.3) is 0 Å². The van der Waals surface area contributed by atoms with Crippen molar-refractivity contribution in [2.75, 3.05) is 14.1 Å². The topological polar surface area (TPSA) is 12.5 Å². The summed E-state index contributed by atoms with van der Waals surface area (Å²) < 4.78 is 6.67. The van der Waals surface area contributed by atoms with Crippen LogP contribution < -0.4 is 4.74 Å². The molecule has 2 nitrogen and oxygen atoms in total. The molecule has 0 aliphatic carbocycles. The molecule has 1 aromatic rings. The van der Waals surface area contributed by atoms with Crippen LogP contribution in [0.3, 0.4) is 0 Å². The van der Waals surface area contributed by atoms with Crippen molar-refractivity contribution in [3.05, 3.63) is 28.2 Å². The summed E-state index contributed by atoms with van der Waals surface area (Å²) in [4.78, 5) is 2.14. The Hall–Kier alpha value is -0.540. The van der Waals surface area contributed by atoms with Crippen LogP contribution in [0, 0.1) is 0 Å². The molecular formula is C12H18BrNO. The molecule has 0 amide bonds. The summed E-state index contributed by atoms with van der Waals surface area (Å²) in [6.45, 7) is 5.00. The third-order valence-corrected chi connectivity index (χ3v) is 2.48. The summed E-state index contributed by atoms with van der Waals surface area (Å²) in [5.74, 6) is 0.910. The molecule has 0 radical (unpaired) electrons. The van der Waals surface area contributed by atoms with Gasteiger partial charge in [0, 0.05) is 6.54 Å². The first kappa shape index (κ1) is 12.5. The molecule has 0 saturated carbocycles. The van der Waals surface area contributed by atoms with E-state index < -0.39 is 0 Å². The maximum absolute atomic E-state index is 5.64. The van der Waals surface area contributed by atoms with Crippen molar-refractivity contribution in [3.8, 4) is 5.75 Å². The van der Waals surface area contributed by atoms with E-state index in [-0.39, 0.29) is 6.10 Å². The van der Waals surface area contributed by atoms with Crippen LogP contribution in [0.15, 0.2) is 22.7 Å². The third-order valence-electron chi connectivity index (χ3n) is 1.86. The number of nitrogens with zero attached hydrogens (tertiary/aromatic N) is 1. The Morgan fingerprint density at radius 1 is 1.33 bits per heavy atom. The highest BCUT2D eigenvalue weighted by atomic mass is 79.9. The molecule has 15 heavy (non-hydrogen) atoms. The highest BCUT2D eigenvalue weighted by molar-refractivity contribution is 9.10. The number of benzene rings is 1. The third kappa shape index (κ3) is 4.22. The lowest BCUT2D eigenvalue weighted by atomic mass is 10.2. The van der Waals surface area contributed by atoms with Crippen molar-refractivity contribution in [2.24, 2.45) is 0 Å². The van der Waals surface area contributed by atoms with Gasteiger partial charge in [0.1, 0.15) is 5.75 Å².